The van der Waals surface area contributed by atoms with Crippen LogP contribution in [0, 0.1) is 0 Å². The summed E-state index contributed by atoms with van der Waals surface area (Å²) in [5.74, 6) is 0. The summed E-state index contributed by atoms with van der Waals surface area (Å²) in [6.45, 7) is 0. The molecule has 0 fully saturated rings. The van der Waals surface area contributed by atoms with Gasteiger partial charge in [0.05, 0.1) is 38.8 Å². The maximum absolute atomic E-state index is 2.61. The highest BCUT2D eigenvalue weighted by Crippen LogP contribution is 2.51. The Balaban J connectivity index is 1.31. The number of aromatic nitrogens is 2. The minimum Gasteiger partial charge on any atom is -0.308 e. The van der Waals surface area contributed by atoms with Crippen molar-refractivity contribution in [2.75, 3.05) is 4.90 Å². The van der Waals surface area contributed by atoms with Gasteiger partial charge in [-0.2, -0.15) is 0 Å². The molecule has 0 saturated carbocycles. The van der Waals surface area contributed by atoms with Crippen LogP contribution in [0.4, 0.5) is 17.1 Å². The molecule has 0 N–H and O–H groups in total. The molecule has 0 spiro atoms. The van der Waals surface area contributed by atoms with Crippen molar-refractivity contribution in [2.45, 2.75) is 0 Å². The first-order valence-corrected chi connectivity index (χ1v) is 18.4. The van der Waals surface area contributed by atoms with Gasteiger partial charge in [0, 0.05) is 54.5 Å². The van der Waals surface area contributed by atoms with Gasteiger partial charge < -0.3 is 13.7 Å². The van der Waals surface area contributed by atoms with E-state index in [-0.39, 0.29) is 0 Å². The van der Waals surface area contributed by atoms with E-state index in [9.17, 15) is 0 Å². The zero-order chi connectivity index (χ0) is 34.4. The predicted molar refractivity (Wildman–Crippen MR) is 225 cm³/mol. The molecule has 4 heterocycles. The molecular formula is C50H29N3. The molecule has 3 heteroatoms. The van der Waals surface area contributed by atoms with Crippen molar-refractivity contribution in [3.05, 3.63) is 176 Å². The summed E-state index contributed by atoms with van der Waals surface area (Å²) in [5.41, 5.74) is 11.0. The zero-order valence-electron chi connectivity index (χ0n) is 28.6. The number of para-hydroxylation sites is 4. The van der Waals surface area contributed by atoms with E-state index < -0.39 is 0 Å². The fraction of sp³-hybridized carbons (Fsp3) is 0. The van der Waals surface area contributed by atoms with Gasteiger partial charge in [-0.25, -0.2) is 0 Å². The van der Waals surface area contributed by atoms with Crippen LogP contribution in [0.5, 0.6) is 0 Å². The van der Waals surface area contributed by atoms with Crippen molar-refractivity contribution in [3.8, 4) is 0 Å². The molecule has 244 valence electrons. The summed E-state index contributed by atoms with van der Waals surface area (Å²) in [7, 11) is 0. The molecule has 0 amide bonds. The van der Waals surface area contributed by atoms with Crippen LogP contribution in [0.1, 0.15) is 0 Å². The van der Waals surface area contributed by atoms with Crippen molar-refractivity contribution >= 4 is 115 Å². The number of rotatable bonds is 3. The second-order valence-corrected chi connectivity index (χ2v) is 14.5. The Hall–Kier alpha value is -7.10. The average Bonchev–Trinajstić information content (AvgIpc) is 3.94. The highest BCUT2D eigenvalue weighted by atomic mass is 15.2. The van der Waals surface area contributed by atoms with Gasteiger partial charge in [0.25, 0.3) is 0 Å². The summed E-state index contributed by atoms with van der Waals surface area (Å²) in [5, 5.41) is 15.4. The van der Waals surface area contributed by atoms with Gasteiger partial charge in [-0.05, 0) is 76.1 Å². The first kappa shape index (κ1) is 27.6. The molecule has 0 aliphatic rings. The highest BCUT2D eigenvalue weighted by Gasteiger charge is 2.27. The first-order valence-electron chi connectivity index (χ1n) is 18.4. The average molecular weight is 672 g/mol. The van der Waals surface area contributed by atoms with Gasteiger partial charge in [-0.1, -0.05) is 121 Å². The molecule has 0 atom stereocenters. The van der Waals surface area contributed by atoms with E-state index in [0.717, 1.165) is 17.1 Å². The van der Waals surface area contributed by atoms with Crippen molar-refractivity contribution in [2.24, 2.45) is 0 Å². The van der Waals surface area contributed by atoms with Crippen molar-refractivity contribution < 1.29 is 0 Å². The van der Waals surface area contributed by atoms with Crippen molar-refractivity contribution in [3.63, 3.8) is 0 Å². The lowest BCUT2D eigenvalue weighted by molar-refractivity contribution is 1.27. The van der Waals surface area contributed by atoms with Gasteiger partial charge in [0.15, 0.2) is 0 Å². The summed E-state index contributed by atoms with van der Waals surface area (Å²) in [4.78, 5) is 2.44. The van der Waals surface area contributed by atoms with Crippen LogP contribution < -0.4 is 4.90 Å². The molecule has 53 heavy (non-hydrogen) atoms. The van der Waals surface area contributed by atoms with E-state index in [4.69, 9.17) is 0 Å². The van der Waals surface area contributed by atoms with E-state index in [2.05, 4.69) is 190 Å². The molecule has 4 aromatic heterocycles. The summed E-state index contributed by atoms with van der Waals surface area (Å²) < 4.78 is 5.11. The third-order valence-corrected chi connectivity index (χ3v) is 11.9. The first-order chi connectivity index (χ1) is 26.3. The molecule has 13 rings (SSSR count). The van der Waals surface area contributed by atoms with Crippen molar-refractivity contribution in [1.82, 2.24) is 8.80 Å². The molecule has 0 bridgehead atoms. The van der Waals surface area contributed by atoms with Crippen LogP contribution in [0.15, 0.2) is 176 Å². The summed E-state index contributed by atoms with van der Waals surface area (Å²) >= 11 is 0. The molecule has 0 aliphatic heterocycles. The largest absolute Gasteiger partial charge is 0.308 e. The van der Waals surface area contributed by atoms with Crippen LogP contribution in [0.3, 0.4) is 0 Å². The molecule has 13 aromatic rings. The van der Waals surface area contributed by atoms with Gasteiger partial charge >= 0.3 is 0 Å². The van der Waals surface area contributed by atoms with Gasteiger partial charge in [0.2, 0.25) is 0 Å². The third kappa shape index (κ3) is 3.40. The lowest BCUT2D eigenvalue weighted by atomic mass is 9.97. The molecule has 3 nitrogen and oxygen atoms in total. The fourth-order valence-corrected chi connectivity index (χ4v) is 9.81. The molecule has 0 unspecified atom stereocenters. The monoisotopic (exact) mass is 671 g/mol. The van der Waals surface area contributed by atoms with Gasteiger partial charge in [0.1, 0.15) is 0 Å². The van der Waals surface area contributed by atoms with Crippen LogP contribution in [0.25, 0.3) is 97.7 Å². The SMILES string of the molecule is c1ccc(N(c2ccccc2)c2cc3ccccc3c3c4cc5ccccc5c5c6cc7c(cc6n(c23)c45)c2cccc3c4ccccc4n7c32)cc1. The van der Waals surface area contributed by atoms with Crippen LogP contribution in [-0.2, 0) is 0 Å². The quantitative estimate of drug-likeness (QED) is 0.182. The minimum atomic E-state index is 1.13. The number of benzene rings is 9. The summed E-state index contributed by atoms with van der Waals surface area (Å²) in [6.07, 6.45) is 0. The lowest BCUT2D eigenvalue weighted by Crippen LogP contribution is -2.11. The number of hydrogen-bond donors (Lipinski definition) is 0. The Morgan fingerprint density at radius 1 is 0.302 bits per heavy atom. The van der Waals surface area contributed by atoms with Gasteiger partial charge in [-0.15, -0.1) is 0 Å². The molecular weight excluding hydrogens is 643 g/mol. The Morgan fingerprint density at radius 3 is 1.55 bits per heavy atom. The van der Waals surface area contributed by atoms with E-state index in [1.807, 2.05) is 0 Å². The number of anilines is 3. The van der Waals surface area contributed by atoms with Crippen molar-refractivity contribution in [1.29, 1.82) is 0 Å². The Kier molecular flexibility index (Phi) is 5.11. The van der Waals surface area contributed by atoms with E-state index in [1.54, 1.807) is 0 Å². The van der Waals surface area contributed by atoms with Gasteiger partial charge in [-0.3, -0.25) is 0 Å². The predicted octanol–water partition coefficient (Wildman–Crippen LogP) is 13.8. The zero-order valence-corrected chi connectivity index (χ0v) is 28.6. The maximum atomic E-state index is 2.61. The maximum Gasteiger partial charge on any atom is 0.0789 e. The number of nitrogens with zero attached hydrogens (tertiary/aromatic N) is 3. The second-order valence-electron chi connectivity index (χ2n) is 14.5. The summed E-state index contributed by atoms with van der Waals surface area (Å²) in [6, 6.07) is 65.0. The van der Waals surface area contributed by atoms with Crippen LogP contribution in [0.2, 0.25) is 0 Å². The second kappa shape index (κ2) is 9.81. The molecule has 9 aromatic carbocycles. The lowest BCUT2D eigenvalue weighted by Gasteiger charge is -2.27. The van der Waals surface area contributed by atoms with E-state index in [1.165, 1.54) is 97.7 Å². The highest BCUT2D eigenvalue weighted by molar-refractivity contribution is 6.37. The number of fused-ring (bicyclic) bond motifs is 16. The Morgan fingerprint density at radius 2 is 0.830 bits per heavy atom. The Labute approximate surface area is 303 Å². The minimum absolute atomic E-state index is 1.13. The standard InChI is InChI=1S/C50H29N3/c1-3-16-32(17-4-1)51(33-18-5-2-6-19-33)45-27-31-15-8-10-21-35(31)47-41-26-30-14-7-9-20-34(30)46-40-29-43-39(28-44(40)53(49(41)46)50(45)47)38-24-13-23-37-36-22-11-12-25-42(36)52(43)48(37)38/h1-29H. The van der Waals surface area contributed by atoms with Crippen LogP contribution >= 0.6 is 0 Å². The number of hydrogen-bond acceptors (Lipinski definition) is 1. The normalized spacial score (nSPS) is 12.5. The smallest absolute Gasteiger partial charge is 0.0789 e. The fourth-order valence-electron chi connectivity index (χ4n) is 9.81. The third-order valence-electron chi connectivity index (χ3n) is 11.9. The molecule has 0 saturated heterocycles. The topological polar surface area (TPSA) is 12.1 Å². The molecule has 0 aliphatic carbocycles. The molecule has 0 radical (unpaired) electrons. The van der Waals surface area contributed by atoms with Crippen LogP contribution in [-0.4, -0.2) is 8.80 Å². The van der Waals surface area contributed by atoms with E-state index >= 15 is 0 Å². The Bertz CT molecular complexity index is 3570. The van der Waals surface area contributed by atoms with E-state index in [0.29, 0.717) is 0 Å².